The van der Waals surface area contributed by atoms with E-state index in [0.29, 0.717) is 11.7 Å². The molecule has 0 amide bonds. The van der Waals surface area contributed by atoms with E-state index in [1.54, 1.807) is 6.33 Å². The van der Waals surface area contributed by atoms with Crippen molar-refractivity contribution in [2.45, 2.75) is 39.5 Å². The Morgan fingerprint density at radius 1 is 1.24 bits per heavy atom. The SMILES string of the molecule is Cc1ccc2c(c1)CCCN2c1ncnc(N)c1C(C)C. The van der Waals surface area contributed by atoms with E-state index in [1.165, 1.54) is 16.8 Å². The van der Waals surface area contributed by atoms with Crippen LogP contribution in [0.4, 0.5) is 17.3 Å². The van der Waals surface area contributed by atoms with E-state index in [9.17, 15) is 0 Å². The van der Waals surface area contributed by atoms with Gasteiger partial charge < -0.3 is 10.6 Å². The van der Waals surface area contributed by atoms with Gasteiger partial charge in [0.25, 0.3) is 0 Å². The van der Waals surface area contributed by atoms with E-state index in [1.807, 2.05) is 0 Å². The first-order chi connectivity index (χ1) is 10.1. The number of hydrogen-bond acceptors (Lipinski definition) is 4. The highest BCUT2D eigenvalue weighted by Gasteiger charge is 2.24. The highest BCUT2D eigenvalue weighted by molar-refractivity contribution is 5.71. The van der Waals surface area contributed by atoms with Crippen LogP contribution >= 0.6 is 0 Å². The van der Waals surface area contributed by atoms with Crippen molar-refractivity contribution in [1.29, 1.82) is 0 Å². The lowest BCUT2D eigenvalue weighted by atomic mass is 9.97. The van der Waals surface area contributed by atoms with Crippen LogP contribution in [-0.2, 0) is 6.42 Å². The van der Waals surface area contributed by atoms with Crippen molar-refractivity contribution < 1.29 is 0 Å². The van der Waals surface area contributed by atoms with Gasteiger partial charge in [0.2, 0.25) is 0 Å². The minimum atomic E-state index is 0.303. The van der Waals surface area contributed by atoms with Gasteiger partial charge >= 0.3 is 0 Å². The maximum atomic E-state index is 6.10. The summed E-state index contributed by atoms with van der Waals surface area (Å²) in [4.78, 5) is 11.0. The van der Waals surface area contributed by atoms with Gasteiger partial charge in [0, 0.05) is 17.8 Å². The summed E-state index contributed by atoms with van der Waals surface area (Å²) in [5.74, 6) is 1.86. The fourth-order valence-electron chi connectivity index (χ4n) is 3.11. The molecule has 110 valence electrons. The molecule has 4 nitrogen and oxygen atoms in total. The second-order valence-corrected chi connectivity index (χ2v) is 6.04. The number of nitrogens with two attached hydrogens (primary N) is 1. The Morgan fingerprint density at radius 2 is 2.05 bits per heavy atom. The van der Waals surface area contributed by atoms with E-state index in [4.69, 9.17) is 5.73 Å². The van der Waals surface area contributed by atoms with Crippen LogP contribution in [0, 0.1) is 6.92 Å². The van der Waals surface area contributed by atoms with Crippen molar-refractivity contribution in [3.05, 3.63) is 41.2 Å². The van der Waals surface area contributed by atoms with E-state index in [-0.39, 0.29) is 0 Å². The normalized spacial score (nSPS) is 14.4. The molecule has 2 heterocycles. The van der Waals surface area contributed by atoms with Crippen LogP contribution in [0.5, 0.6) is 0 Å². The lowest BCUT2D eigenvalue weighted by Gasteiger charge is -2.32. The molecule has 0 unspecified atom stereocenters. The summed E-state index contributed by atoms with van der Waals surface area (Å²) in [6, 6.07) is 6.64. The Hall–Kier alpha value is -2.10. The first kappa shape index (κ1) is 13.9. The molecule has 2 aromatic rings. The summed E-state index contributed by atoms with van der Waals surface area (Å²) in [5.41, 5.74) is 11.1. The molecule has 1 aromatic carbocycles. The van der Waals surface area contributed by atoms with Crippen molar-refractivity contribution in [3.63, 3.8) is 0 Å². The van der Waals surface area contributed by atoms with Crippen molar-refractivity contribution in [2.75, 3.05) is 17.2 Å². The summed E-state index contributed by atoms with van der Waals surface area (Å²) in [5, 5.41) is 0. The number of rotatable bonds is 2. The van der Waals surface area contributed by atoms with Crippen LogP contribution in [0.25, 0.3) is 0 Å². The van der Waals surface area contributed by atoms with E-state index in [2.05, 4.69) is 53.8 Å². The molecule has 0 atom stereocenters. The van der Waals surface area contributed by atoms with Gasteiger partial charge in [-0.25, -0.2) is 9.97 Å². The quantitative estimate of drug-likeness (QED) is 0.914. The van der Waals surface area contributed by atoms with Gasteiger partial charge in [-0.05, 0) is 37.3 Å². The highest BCUT2D eigenvalue weighted by Crippen LogP contribution is 2.37. The van der Waals surface area contributed by atoms with Gasteiger partial charge in [0.1, 0.15) is 18.0 Å². The molecule has 0 spiro atoms. The molecule has 0 saturated carbocycles. The third-order valence-electron chi connectivity index (χ3n) is 4.08. The van der Waals surface area contributed by atoms with Crippen molar-refractivity contribution in [2.24, 2.45) is 0 Å². The Bertz CT molecular complexity index is 664. The minimum Gasteiger partial charge on any atom is -0.383 e. The zero-order valence-electron chi connectivity index (χ0n) is 12.9. The van der Waals surface area contributed by atoms with Gasteiger partial charge in [-0.3, -0.25) is 0 Å². The average molecular weight is 282 g/mol. The zero-order valence-corrected chi connectivity index (χ0v) is 12.9. The largest absolute Gasteiger partial charge is 0.383 e. The van der Waals surface area contributed by atoms with Gasteiger partial charge in [-0.15, -0.1) is 0 Å². The maximum absolute atomic E-state index is 6.10. The number of nitrogens with zero attached hydrogens (tertiary/aromatic N) is 3. The number of aromatic nitrogens is 2. The van der Waals surface area contributed by atoms with Gasteiger partial charge in [0.05, 0.1) is 0 Å². The highest BCUT2D eigenvalue weighted by atomic mass is 15.2. The van der Waals surface area contributed by atoms with Gasteiger partial charge in [-0.2, -0.15) is 0 Å². The number of anilines is 3. The first-order valence-electron chi connectivity index (χ1n) is 7.55. The molecule has 0 radical (unpaired) electrons. The molecular weight excluding hydrogens is 260 g/mol. The lowest BCUT2D eigenvalue weighted by molar-refractivity contribution is 0.744. The molecular formula is C17H22N4. The summed E-state index contributed by atoms with van der Waals surface area (Å²) >= 11 is 0. The standard InChI is InChI=1S/C17H22N4/c1-11(2)15-16(18)19-10-20-17(15)21-8-4-5-13-9-12(3)6-7-14(13)21/h6-7,9-11H,4-5,8H2,1-3H3,(H2,18,19,20). The fourth-order valence-corrected chi connectivity index (χ4v) is 3.11. The van der Waals surface area contributed by atoms with E-state index < -0.39 is 0 Å². The predicted molar refractivity (Wildman–Crippen MR) is 87.0 cm³/mol. The lowest BCUT2D eigenvalue weighted by Crippen LogP contribution is -2.27. The second kappa shape index (κ2) is 5.35. The Labute approximate surface area is 126 Å². The third kappa shape index (κ3) is 2.46. The molecule has 3 rings (SSSR count). The summed E-state index contributed by atoms with van der Waals surface area (Å²) in [6.45, 7) is 7.39. The number of nitrogen functional groups attached to an aromatic ring is 1. The predicted octanol–water partition coefficient (Wildman–Crippen LogP) is 3.57. The topological polar surface area (TPSA) is 55.0 Å². The Morgan fingerprint density at radius 3 is 2.81 bits per heavy atom. The van der Waals surface area contributed by atoms with Crippen LogP contribution in [0.15, 0.2) is 24.5 Å². The smallest absolute Gasteiger partial charge is 0.142 e. The number of fused-ring (bicyclic) bond motifs is 1. The van der Waals surface area contributed by atoms with Crippen LogP contribution in [0.3, 0.4) is 0 Å². The maximum Gasteiger partial charge on any atom is 0.142 e. The summed E-state index contributed by atoms with van der Waals surface area (Å²) in [6.07, 6.45) is 3.84. The molecule has 1 aliphatic heterocycles. The van der Waals surface area contributed by atoms with Crippen LogP contribution in [-0.4, -0.2) is 16.5 Å². The van der Waals surface area contributed by atoms with Crippen LogP contribution in [0.2, 0.25) is 0 Å². The number of aryl methyl sites for hydroxylation is 2. The van der Waals surface area contributed by atoms with E-state index >= 15 is 0 Å². The summed E-state index contributed by atoms with van der Waals surface area (Å²) in [7, 11) is 0. The van der Waals surface area contributed by atoms with Crippen molar-refractivity contribution >= 4 is 17.3 Å². The molecule has 0 aliphatic carbocycles. The molecule has 1 aromatic heterocycles. The minimum absolute atomic E-state index is 0.303. The Balaban J connectivity index is 2.13. The monoisotopic (exact) mass is 282 g/mol. The third-order valence-corrected chi connectivity index (χ3v) is 4.08. The molecule has 1 aliphatic rings. The molecule has 0 bridgehead atoms. The zero-order chi connectivity index (χ0) is 15.0. The first-order valence-corrected chi connectivity index (χ1v) is 7.55. The molecule has 21 heavy (non-hydrogen) atoms. The second-order valence-electron chi connectivity index (χ2n) is 6.04. The Kier molecular flexibility index (Phi) is 3.53. The van der Waals surface area contributed by atoms with Gasteiger partial charge in [0.15, 0.2) is 0 Å². The number of hydrogen-bond donors (Lipinski definition) is 1. The molecule has 0 saturated heterocycles. The van der Waals surface area contributed by atoms with Crippen LogP contribution < -0.4 is 10.6 Å². The fraction of sp³-hybridized carbons (Fsp3) is 0.412. The molecule has 4 heteroatoms. The average Bonchev–Trinajstić information content (AvgIpc) is 2.45. The molecule has 0 fully saturated rings. The summed E-state index contributed by atoms with van der Waals surface area (Å²) < 4.78 is 0. The van der Waals surface area contributed by atoms with Crippen molar-refractivity contribution in [1.82, 2.24) is 9.97 Å². The van der Waals surface area contributed by atoms with Crippen LogP contribution in [0.1, 0.15) is 42.9 Å². The van der Waals surface area contributed by atoms with Crippen molar-refractivity contribution in [3.8, 4) is 0 Å². The van der Waals surface area contributed by atoms with E-state index in [0.717, 1.165) is 30.8 Å². The molecule has 2 N–H and O–H groups in total. The number of benzene rings is 1. The van der Waals surface area contributed by atoms with Gasteiger partial charge in [-0.1, -0.05) is 31.5 Å².